The summed E-state index contributed by atoms with van der Waals surface area (Å²) in [6.45, 7) is 8.18. The minimum absolute atomic E-state index is 0.0199. The molecule has 118 valence electrons. The Kier molecular flexibility index (Phi) is 5.24. The number of para-hydroxylation sites is 1. The van der Waals surface area contributed by atoms with Crippen molar-refractivity contribution in [1.29, 1.82) is 0 Å². The number of rotatable bonds is 5. The Bertz CT molecular complexity index is 740. The van der Waals surface area contributed by atoms with Gasteiger partial charge in [0.05, 0.1) is 16.2 Å². The van der Waals surface area contributed by atoms with Gasteiger partial charge in [-0.2, -0.15) is 0 Å². The van der Waals surface area contributed by atoms with Crippen LogP contribution in [0.5, 0.6) is 0 Å². The predicted octanol–water partition coefficient (Wildman–Crippen LogP) is 2.59. The molecule has 2 aromatic rings. The molecule has 1 N–H and O–H groups in total. The van der Waals surface area contributed by atoms with Gasteiger partial charge in [-0.05, 0) is 39.8 Å². The molecule has 0 aliphatic carbocycles. The lowest BCUT2D eigenvalue weighted by Crippen LogP contribution is -2.32. The molecule has 0 radical (unpaired) electrons. The third-order valence-corrected chi connectivity index (χ3v) is 4.36. The molecule has 22 heavy (non-hydrogen) atoms. The maximum atomic E-state index is 12.7. The smallest absolute Gasteiger partial charge is 0.262 e. The van der Waals surface area contributed by atoms with Gasteiger partial charge >= 0.3 is 0 Å². The van der Waals surface area contributed by atoms with Gasteiger partial charge in [0.1, 0.15) is 0 Å². The number of thioether (sulfide) groups is 1. The predicted molar refractivity (Wildman–Crippen MR) is 90.4 cm³/mol. The van der Waals surface area contributed by atoms with Gasteiger partial charge in [0, 0.05) is 12.6 Å². The first kappa shape index (κ1) is 16.5. The highest BCUT2D eigenvalue weighted by atomic mass is 32.2. The molecule has 0 bridgehead atoms. The Hall–Kier alpha value is -1.82. The highest BCUT2D eigenvalue weighted by Gasteiger charge is 2.19. The van der Waals surface area contributed by atoms with E-state index < -0.39 is 0 Å². The fourth-order valence-corrected chi connectivity index (χ4v) is 3.26. The zero-order valence-corrected chi connectivity index (χ0v) is 14.1. The van der Waals surface area contributed by atoms with Crippen LogP contribution in [-0.2, 0) is 4.79 Å². The molecule has 0 unspecified atom stereocenters. The van der Waals surface area contributed by atoms with Crippen LogP contribution in [0.4, 0.5) is 0 Å². The number of hydrogen-bond donors (Lipinski definition) is 1. The average molecular weight is 319 g/mol. The second kappa shape index (κ2) is 6.96. The molecule has 0 saturated heterocycles. The zero-order valence-electron chi connectivity index (χ0n) is 13.3. The molecule has 1 amide bonds. The quantitative estimate of drug-likeness (QED) is 0.679. The third-order valence-electron chi connectivity index (χ3n) is 3.29. The van der Waals surface area contributed by atoms with E-state index in [1.807, 2.05) is 45.9 Å². The SMILES string of the molecule is CCNC(=O)[C@H](C)Sc1nc2ccccc2c(=O)n1C(C)C. The van der Waals surface area contributed by atoms with E-state index in [1.165, 1.54) is 11.8 Å². The number of fused-ring (bicyclic) bond motifs is 1. The van der Waals surface area contributed by atoms with Crippen LogP contribution in [0.25, 0.3) is 10.9 Å². The molecule has 1 aromatic heterocycles. The molecule has 2 rings (SSSR count). The molecule has 0 fully saturated rings. The number of hydrogen-bond acceptors (Lipinski definition) is 4. The van der Waals surface area contributed by atoms with Crippen LogP contribution >= 0.6 is 11.8 Å². The molecule has 1 aromatic carbocycles. The normalized spacial score (nSPS) is 12.6. The summed E-state index contributed by atoms with van der Waals surface area (Å²) >= 11 is 1.32. The number of carbonyl (C=O) groups is 1. The second-order valence-electron chi connectivity index (χ2n) is 5.34. The Balaban J connectivity index is 2.50. The van der Waals surface area contributed by atoms with Crippen molar-refractivity contribution in [3.05, 3.63) is 34.6 Å². The van der Waals surface area contributed by atoms with E-state index in [-0.39, 0.29) is 22.8 Å². The first-order valence-electron chi connectivity index (χ1n) is 7.41. The Labute approximate surface area is 134 Å². The average Bonchev–Trinajstić information content (AvgIpc) is 2.47. The van der Waals surface area contributed by atoms with Gasteiger partial charge < -0.3 is 5.32 Å². The van der Waals surface area contributed by atoms with Crippen LogP contribution in [0.1, 0.15) is 33.7 Å². The van der Waals surface area contributed by atoms with Crippen molar-refractivity contribution in [2.45, 2.75) is 44.1 Å². The summed E-state index contributed by atoms with van der Waals surface area (Å²) < 4.78 is 1.66. The Morgan fingerprint density at radius 1 is 1.32 bits per heavy atom. The summed E-state index contributed by atoms with van der Waals surface area (Å²) in [6.07, 6.45) is 0. The van der Waals surface area contributed by atoms with E-state index >= 15 is 0 Å². The summed E-state index contributed by atoms with van der Waals surface area (Å²) in [5.74, 6) is -0.0507. The fourth-order valence-electron chi connectivity index (χ4n) is 2.19. The standard InChI is InChI=1S/C16H21N3O2S/c1-5-17-14(20)11(4)22-16-18-13-9-7-6-8-12(13)15(21)19(16)10(2)3/h6-11H,5H2,1-4H3,(H,17,20)/t11-/m0/s1. The number of aromatic nitrogens is 2. The van der Waals surface area contributed by atoms with Crippen LogP contribution in [0.15, 0.2) is 34.2 Å². The van der Waals surface area contributed by atoms with Gasteiger partial charge in [-0.3, -0.25) is 14.2 Å². The van der Waals surface area contributed by atoms with Crippen molar-refractivity contribution < 1.29 is 4.79 Å². The largest absolute Gasteiger partial charge is 0.355 e. The van der Waals surface area contributed by atoms with Crippen LogP contribution in [0.2, 0.25) is 0 Å². The fraction of sp³-hybridized carbons (Fsp3) is 0.438. The highest BCUT2D eigenvalue weighted by Crippen LogP contribution is 2.24. The maximum absolute atomic E-state index is 12.7. The van der Waals surface area contributed by atoms with E-state index in [2.05, 4.69) is 10.3 Å². The van der Waals surface area contributed by atoms with Crippen molar-refractivity contribution >= 4 is 28.6 Å². The lowest BCUT2D eigenvalue weighted by Gasteiger charge is -2.18. The van der Waals surface area contributed by atoms with Gasteiger partial charge in [0.2, 0.25) is 5.91 Å². The maximum Gasteiger partial charge on any atom is 0.262 e. The minimum atomic E-state index is -0.307. The second-order valence-corrected chi connectivity index (χ2v) is 6.64. The number of amides is 1. The van der Waals surface area contributed by atoms with E-state index in [0.717, 1.165) is 0 Å². The first-order chi connectivity index (χ1) is 10.5. The minimum Gasteiger partial charge on any atom is -0.355 e. The molecule has 0 saturated carbocycles. The van der Waals surface area contributed by atoms with Gasteiger partial charge in [-0.15, -0.1) is 0 Å². The zero-order chi connectivity index (χ0) is 16.3. The molecule has 6 heteroatoms. The molecular formula is C16H21N3O2S. The number of benzene rings is 1. The van der Waals surface area contributed by atoms with Gasteiger partial charge in [-0.1, -0.05) is 23.9 Å². The van der Waals surface area contributed by atoms with Crippen LogP contribution in [0.3, 0.4) is 0 Å². The van der Waals surface area contributed by atoms with E-state index in [0.29, 0.717) is 22.6 Å². The highest BCUT2D eigenvalue weighted by molar-refractivity contribution is 8.00. The van der Waals surface area contributed by atoms with Crippen molar-refractivity contribution in [3.63, 3.8) is 0 Å². The number of nitrogens with zero attached hydrogens (tertiary/aromatic N) is 2. The number of nitrogens with one attached hydrogen (secondary N) is 1. The number of carbonyl (C=O) groups excluding carboxylic acids is 1. The Morgan fingerprint density at radius 2 is 2.00 bits per heavy atom. The van der Waals surface area contributed by atoms with Crippen LogP contribution in [-0.4, -0.2) is 27.3 Å². The molecule has 0 aliphatic rings. The third kappa shape index (κ3) is 3.32. The molecule has 5 nitrogen and oxygen atoms in total. The topological polar surface area (TPSA) is 64.0 Å². The van der Waals surface area contributed by atoms with Crippen molar-refractivity contribution in [2.75, 3.05) is 6.54 Å². The van der Waals surface area contributed by atoms with E-state index in [4.69, 9.17) is 0 Å². The summed E-state index contributed by atoms with van der Waals surface area (Å²) in [7, 11) is 0. The van der Waals surface area contributed by atoms with Gasteiger partial charge in [0.25, 0.3) is 5.56 Å². The van der Waals surface area contributed by atoms with E-state index in [1.54, 1.807) is 10.6 Å². The van der Waals surface area contributed by atoms with Crippen LogP contribution in [0, 0.1) is 0 Å². The van der Waals surface area contributed by atoms with Crippen LogP contribution < -0.4 is 10.9 Å². The van der Waals surface area contributed by atoms with Gasteiger partial charge in [0.15, 0.2) is 5.16 Å². The van der Waals surface area contributed by atoms with Crippen molar-refractivity contribution in [1.82, 2.24) is 14.9 Å². The van der Waals surface area contributed by atoms with E-state index in [9.17, 15) is 9.59 Å². The summed E-state index contributed by atoms with van der Waals surface area (Å²) in [5, 5.41) is 3.67. The molecule has 1 atom stereocenters. The molecule has 0 spiro atoms. The first-order valence-corrected chi connectivity index (χ1v) is 8.29. The monoisotopic (exact) mass is 319 g/mol. The molecule has 0 aliphatic heterocycles. The summed E-state index contributed by atoms with van der Waals surface area (Å²) in [6, 6.07) is 7.28. The lowest BCUT2D eigenvalue weighted by atomic mass is 10.2. The summed E-state index contributed by atoms with van der Waals surface area (Å²) in [4.78, 5) is 29.2. The van der Waals surface area contributed by atoms with Gasteiger partial charge in [-0.25, -0.2) is 4.98 Å². The van der Waals surface area contributed by atoms with Crippen molar-refractivity contribution in [3.8, 4) is 0 Å². The Morgan fingerprint density at radius 3 is 2.64 bits per heavy atom. The molecule has 1 heterocycles. The van der Waals surface area contributed by atoms with Crippen molar-refractivity contribution in [2.24, 2.45) is 0 Å². The molecular weight excluding hydrogens is 298 g/mol. The lowest BCUT2D eigenvalue weighted by molar-refractivity contribution is -0.120. The summed E-state index contributed by atoms with van der Waals surface area (Å²) in [5.41, 5.74) is 0.598.